The molecule has 0 aromatic heterocycles. The van der Waals surface area contributed by atoms with E-state index in [0.29, 0.717) is 0 Å². The maximum Gasteiger partial charge on any atom is 0.0347 e. The average molecular weight is 184 g/mol. The molecule has 0 saturated carbocycles. The van der Waals surface area contributed by atoms with Crippen LogP contribution in [0.15, 0.2) is 0 Å². The molecule has 1 fully saturated rings. The van der Waals surface area contributed by atoms with Gasteiger partial charge in [-0.3, -0.25) is 4.90 Å². The van der Waals surface area contributed by atoms with Crippen LogP contribution in [0.2, 0.25) is 0 Å². The van der Waals surface area contributed by atoms with Crippen molar-refractivity contribution in [1.29, 1.82) is 0 Å². The SMILES string of the molecule is CC(C)CN(C)C1CN(C(C)C)C1. The lowest BCUT2D eigenvalue weighted by Crippen LogP contribution is -2.60. The zero-order valence-electron chi connectivity index (χ0n) is 9.75. The molecule has 2 heteroatoms. The maximum absolute atomic E-state index is 2.53. The van der Waals surface area contributed by atoms with Gasteiger partial charge < -0.3 is 4.90 Å². The van der Waals surface area contributed by atoms with Crippen LogP contribution in [0, 0.1) is 5.92 Å². The Morgan fingerprint density at radius 1 is 1.23 bits per heavy atom. The van der Waals surface area contributed by atoms with Crippen LogP contribution in [0.25, 0.3) is 0 Å². The Kier molecular flexibility index (Phi) is 3.74. The highest BCUT2D eigenvalue weighted by atomic mass is 15.3. The molecule has 1 rings (SSSR count). The zero-order valence-corrected chi connectivity index (χ0v) is 9.75. The van der Waals surface area contributed by atoms with Crippen LogP contribution in [-0.2, 0) is 0 Å². The molecule has 0 aromatic carbocycles. The number of rotatable bonds is 4. The van der Waals surface area contributed by atoms with E-state index in [0.717, 1.165) is 18.0 Å². The molecule has 0 aromatic rings. The second-order valence-corrected chi connectivity index (χ2v) is 5.03. The summed E-state index contributed by atoms with van der Waals surface area (Å²) in [7, 11) is 2.25. The van der Waals surface area contributed by atoms with E-state index in [1.165, 1.54) is 19.6 Å². The quantitative estimate of drug-likeness (QED) is 0.656. The molecule has 1 aliphatic heterocycles. The summed E-state index contributed by atoms with van der Waals surface area (Å²) in [5.41, 5.74) is 0. The Hall–Kier alpha value is -0.0800. The van der Waals surface area contributed by atoms with E-state index in [9.17, 15) is 0 Å². The number of nitrogens with zero attached hydrogens (tertiary/aromatic N) is 2. The second kappa shape index (κ2) is 4.43. The van der Waals surface area contributed by atoms with Crippen molar-refractivity contribution in [3.8, 4) is 0 Å². The first-order chi connectivity index (χ1) is 6.00. The van der Waals surface area contributed by atoms with Crippen molar-refractivity contribution in [2.45, 2.75) is 39.8 Å². The third-order valence-corrected chi connectivity index (χ3v) is 2.90. The maximum atomic E-state index is 2.53. The van der Waals surface area contributed by atoms with Gasteiger partial charge in [0.05, 0.1) is 0 Å². The Labute approximate surface area is 82.9 Å². The normalized spacial score (nSPS) is 20.3. The largest absolute Gasteiger partial charge is 0.301 e. The highest BCUT2D eigenvalue weighted by molar-refractivity contribution is 4.88. The van der Waals surface area contributed by atoms with Gasteiger partial charge in [-0.25, -0.2) is 0 Å². The van der Waals surface area contributed by atoms with Crippen molar-refractivity contribution in [3.63, 3.8) is 0 Å². The average Bonchev–Trinajstić information content (AvgIpc) is 1.79. The summed E-state index contributed by atoms with van der Waals surface area (Å²) in [5, 5.41) is 0. The molecule has 0 atom stereocenters. The summed E-state index contributed by atoms with van der Waals surface area (Å²) >= 11 is 0. The molecule has 2 nitrogen and oxygen atoms in total. The Morgan fingerprint density at radius 3 is 2.15 bits per heavy atom. The summed E-state index contributed by atoms with van der Waals surface area (Å²) in [6.45, 7) is 12.9. The molecule has 0 unspecified atom stereocenters. The van der Waals surface area contributed by atoms with Crippen molar-refractivity contribution in [3.05, 3.63) is 0 Å². The Balaban J connectivity index is 2.19. The van der Waals surface area contributed by atoms with Gasteiger partial charge in [-0.2, -0.15) is 0 Å². The molecule has 1 heterocycles. The fraction of sp³-hybridized carbons (Fsp3) is 1.00. The van der Waals surface area contributed by atoms with Gasteiger partial charge in [0.2, 0.25) is 0 Å². The molecule has 0 amide bonds. The number of hydrogen-bond acceptors (Lipinski definition) is 2. The van der Waals surface area contributed by atoms with Crippen LogP contribution in [0.1, 0.15) is 27.7 Å². The molecule has 0 bridgehead atoms. The van der Waals surface area contributed by atoms with Crippen LogP contribution in [-0.4, -0.2) is 48.6 Å². The number of hydrogen-bond donors (Lipinski definition) is 0. The van der Waals surface area contributed by atoms with E-state index in [4.69, 9.17) is 0 Å². The Bertz CT molecular complexity index is 148. The molecular weight excluding hydrogens is 160 g/mol. The molecule has 0 radical (unpaired) electrons. The molecule has 1 aliphatic rings. The van der Waals surface area contributed by atoms with Gasteiger partial charge in [-0.15, -0.1) is 0 Å². The minimum atomic E-state index is 0.726. The number of likely N-dealkylation sites (tertiary alicyclic amines) is 1. The predicted octanol–water partition coefficient (Wildman–Crippen LogP) is 1.67. The Morgan fingerprint density at radius 2 is 1.77 bits per heavy atom. The monoisotopic (exact) mass is 184 g/mol. The first-order valence-corrected chi connectivity index (χ1v) is 5.45. The summed E-state index contributed by atoms with van der Waals surface area (Å²) < 4.78 is 0. The van der Waals surface area contributed by atoms with E-state index in [2.05, 4.69) is 44.5 Å². The summed E-state index contributed by atoms with van der Waals surface area (Å²) in [4.78, 5) is 5.03. The van der Waals surface area contributed by atoms with Gasteiger partial charge in [-0.1, -0.05) is 13.8 Å². The lowest BCUT2D eigenvalue weighted by Gasteiger charge is -2.46. The smallest absolute Gasteiger partial charge is 0.0347 e. The second-order valence-electron chi connectivity index (χ2n) is 5.03. The first kappa shape index (κ1) is 11.0. The summed E-state index contributed by atoms with van der Waals surface area (Å²) in [5.74, 6) is 0.790. The van der Waals surface area contributed by atoms with Gasteiger partial charge in [0.1, 0.15) is 0 Å². The lowest BCUT2D eigenvalue weighted by molar-refractivity contribution is 0.0223. The van der Waals surface area contributed by atoms with Gasteiger partial charge in [0.15, 0.2) is 0 Å². The molecule has 0 spiro atoms. The van der Waals surface area contributed by atoms with E-state index < -0.39 is 0 Å². The summed E-state index contributed by atoms with van der Waals surface area (Å²) in [6.07, 6.45) is 0. The third kappa shape index (κ3) is 2.96. The van der Waals surface area contributed by atoms with E-state index >= 15 is 0 Å². The summed E-state index contributed by atoms with van der Waals surface area (Å²) in [6, 6.07) is 1.54. The molecule has 0 N–H and O–H groups in total. The topological polar surface area (TPSA) is 6.48 Å². The minimum absolute atomic E-state index is 0.726. The van der Waals surface area contributed by atoms with Crippen molar-refractivity contribution in [1.82, 2.24) is 9.80 Å². The van der Waals surface area contributed by atoms with Crippen molar-refractivity contribution >= 4 is 0 Å². The third-order valence-electron chi connectivity index (χ3n) is 2.90. The van der Waals surface area contributed by atoms with Gasteiger partial charge in [0, 0.05) is 31.7 Å². The lowest BCUT2D eigenvalue weighted by atomic mass is 10.0. The molecule has 78 valence electrons. The molecule has 13 heavy (non-hydrogen) atoms. The fourth-order valence-electron chi connectivity index (χ4n) is 1.91. The standard InChI is InChI=1S/C11H24N2/c1-9(2)6-12(5)11-7-13(8-11)10(3)4/h9-11H,6-8H2,1-5H3. The molecule has 1 saturated heterocycles. The molecular formula is C11H24N2. The number of likely N-dealkylation sites (N-methyl/N-ethyl adjacent to an activating group) is 1. The van der Waals surface area contributed by atoms with Crippen LogP contribution in [0.4, 0.5) is 0 Å². The van der Waals surface area contributed by atoms with Crippen LogP contribution in [0.5, 0.6) is 0 Å². The van der Waals surface area contributed by atoms with Crippen LogP contribution in [0.3, 0.4) is 0 Å². The van der Waals surface area contributed by atoms with Crippen molar-refractivity contribution < 1.29 is 0 Å². The van der Waals surface area contributed by atoms with E-state index in [1.54, 1.807) is 0 Å². The van der Waals surface area contributed by atoms with Crippen LogP contribution < -0.4 is 0 Å². The fourth-order valence-corrected chi connectivity index (χ4v) is 1.91. The van der Waals surface area contributed by atoms with E-state index in [-0.39, 0.29) is 0 Å². The van der Waals surface area contributed by atoms with Crippen molar-refractivity contribution in [2.75, 3.05) is 26.7 Å². The van der Waals surface area contributed by atoms with E-state index in [1.807, 2.05) is 0 Å². The predicted molar refractivity (Wildman–Crippen MR) is 58.0 cm³/mol. The molecule has 0 aliphatic carbocycles. The highest BCUT2D eigenvalue weighted by Gasteiger charge is 2.31. The van der Waals surface area contributed by atoms with Gasteiger partial charge in [0.25, 0.3) is 0 Å². The highest BCUT2D eigenvalue weighted by Crippen LogP contribution is 2.17. The minimum Gasteiger partial charge on any atom is -0.301 e. The van der Waals surface area contributed by atoms with Gasteiger partial charge >= 0.3 is 0 Å². The van der Waals surface area contributed by atoms with Gasteiger partial charge in [-0.05, 0) is 26.8 Å². The zero-order chi connectivity index (χ0) is 10.0. The van der Waals surface area contributed by atoms with Crippen LogP contribution >= 0.6 is 0 Å². The van der Waals surface area contributed by atoms with Crippen molar-refractivity contribution in [2.24, 2.45) is 5.92 Å². The first-order valence-electron chi connectivity index (χ1n) is 5.45.